The third-order valence-electron chi connectivity index (χ3n) is 2.60. The molecule has 2 rings (SSSR count). The number of rotatable bonds is 2. The zero-order valence-electron chi connectivity index (χ0n) is 9.64. The number of benzene rings is 1. The maximum atomic E-state index is 6.00. The van der Waals surface area contributed by atoms with Gasteiger partial charge in [-0.05, 0) is 17.5 Å². The van der Waals surface area contributed by atoms with Crippen LogP contribution in [0.2, 0.25) is 0 Å². The molecule has 2 aromatic rings. The predicted octanol–water partition coefficient (Wildman–Crippen LogP) is 3.45. The molecular weight excluding hydrogens is 196 g/mol. The Kier molecular flexibility index (Phi) is 2.91. The summed E-state index contributed by atoms with van der Waals surface area (Å²) in [4.78, 5) is 4.43. The second kappa shape index (κ2) is 4.35. The van der Waals surface area contributed by atoms with Crippen LogP contribution in [0.5, 0.6) is 0 Å². The summed E-state index contributed by atoms with van der Waals surface area (Å²) in [7, 11) is 0. The number of nitrogens with two attached hydrogens (primary N) is 1. The van der Waals surface area contributed by atoms with Crippen LogP contribution in [0.25, 0.3) is 11.1 Å². The molecular formula is C14H16N2. The molecule has 0 saturated heterocycles. The van der Waals surface area contributed by atoms with Gasteiger partial charge in [0.15, 0.2) is 0 Å². The second-order valence-corrected chi connectivity index (χ2v) is 4.22. The minimum absolute atomic E-state index is 0.366. The fourth-order valence-corrected chi connectivity index (χ4v) is 1.76. The average molecular weight is 212 g/mol. The second-order valence-electron chi connectivity index (χ2n) is 4.22. The van der Waals surface area contributed by atoms with E-state index in [4.69, 9.17) is 5.73 Å². The monoisotopic (exact) mass is 212 g/mol. The molecule has 2 heteroatoms. The molecule has 0 atom stereocenters. The molecule has 82 valence electrons. The summed E-state index contributed by atoms with van der Waals surface area (Å²) in [6, 6.07) is 12.2. The van der Waals surface area contributed by atoms with Crippen molar-refractivity contribution in [2.24, 2.45) is 0 Å². The SMILES string of the molecule is CC(C)c1ncc(-c2ccccc2)cc1N. The van der Waals surface area contributed by atoms with Crippen molar-refractivity contribution in [1.82, 2.24) is 4.98 Å². The zero-order valence-corrected chi connectivity index (χ0v) is 9.64. The van der Waals surface area contributed by atoms with Crippen LogP contribution >= 0.6 is 0 Å². The van der Waals surface area contributed by atoms with E-state index < -0.39 is 0 Å². The highest BCUT2D eigenvalue weighted by atomic mass is 14.7. The van der Waals surface area contributed by atoms with Crippen LogP contribution < -0.4 is 5.73 Å². The van der Waals surface area contributed by atoms with Crippen LogP contribution in [0.15, 0.2) is 42.6 Å². The first-order chi connectivity index (χ1) is 7.68. The molecule has 0 fully saturated rings. The molecule has 0 saturated carbocycles. The molecule has 0 amide bonds. The van der Waals surface area contributed by atoms with E-state index in [1.54, 1.807) is 0 Å². The van der Waals surface area contributed by atoms with Crippen molar-refractivity contribution in [2.45, 2.75) is 19.8 Å². The standard InChI is InChI=1S/C14H16N2/c1-10(2)14-13(15)8-12(9-16-14)11-6-4-3-5-7-11/h3-10H,15H2,1-2H3. The fourth-order valence-electron chi connectivity index (χ4n) is 1.76. The van der Waals surface area contributed by atoms with Crippen molar-refractivity contribution >= 4 is 5.69 Å². The van der Waals surface area contributed by atoms with Crippen LogP contribution in [0.3, 0.4) is 0 Å². The Bertz CT molecular complexity index is 475. The van der Waals surface area contributed by atoms with Crippen LogP contribution in [0, 0.1) is 0 Å². The van der Waals surface area contributed by atoms with Gasteiger partial charge in [0.25, 0.3) is 0 Å². The number of nitrogen functional groups attached to an aromatic ring is 1. The molecule has 2 N–H and O–H groups in total. The van der Waals surface area contributed by atoms with Crippen molar-refractivity contribution < 1.29 is 0 Å². The quantitative estimate of drug-likeness (QED) is 0.828. The molecule has 0 aliphatic carbocycles. The van der Waals surface area contributed by atoms with Crippen LogP contribution in [0.4, 0.5) is 5.69 Å². The molecule has 16 heavy (non-hydrogen) atoms. The molecule has 1 heterocycles. The van der Waals surface area contributed by atoms with Gasteiger partial charge in [-0.1, -0.05) is 44.2 Å². The summed E-state index contributed by atoms with van der Waals surface area (Å²) in [5, 5.41) is 0. The number of hydrogen-bond acceptors (Lipinski definition) is 2. The van der Waals surface area contributed by atoms with Crippen LogP contribution in [-0.2, 0) is 0 Å². The van der Waals surface area contributed by atoms with Crippen molar-refractivity contribution in [3.05, 3.63) is 48.3 Å². The lowest BCUT2D eigenvalue weighted by Crippen LogP contribution is -2.00. The fraction of sp³-hybridized carbons (Fsp3) is 0.214. The highest BCUT2D eigenvalue weighted by Gasteiger charge is 2.07. The van der Waals surface area contributed by atoms with Gasteiger partial charge in [0.2, 0.25) is 0 Å². The minimum Gasteiger partial charge on any atom is -0.397 e. The lowest BCUT2D eigenvalue weighted by Gasteiger charge is -2.10. The highest BCUT2D eigenvalue weighted by molar-refractivity contribution is 5.67. The highest BCUT2D eigenvalue weighted by Crippen LogP contribution is 2.25. The smallest absolute Gasteiger partial charge is 0.0658 e. The van der Waals surface area contributed by atoms with Gasteiger partial charge in [-0.25, -0.2) is 0 Å². The normalized spacial score (nSPS) is 10.7. The van der Waals surface area contributed by atoms with Crippen LogP contribution in [-0.4, -0.2) is 4.98 Å². The molecule has 0 spiro atoms. The molecule has 0 unspecified atom stereocenters. The number of pyridine rings is 1. The summed E-state index contributed by atoms with van der Waals surface area (Å²) in [5.74, 6) is 0.366. The van der Waals surface area contributed by atoms with Gasteiger partial charge in [0.05, 0.1) is 11.4 Å². The third kappa shape index (κ3) is 2.06. The largest absolute Gasteiger partial charge is 0.397 e. The van der Waals surface area contributed by atoms with E-state index in [1.165, 1.54) is 0 Å². The first kappa shape index (κ1) is 10.7. The topological polar surface area (TPSA) is 38.9 Å². The van der Waals surface area contributed by atoms with E-state index in [1.807, 2.05) is 30.5 Å². The van der Waals surface area contributed by atoms with Crippen molar-refractivity contribution in [1.29, 1.82) is 0 Å². The number of aromatic nitrogens is 1. The molecule has 2 nitrogen and oxygen atoms in total. The lowest BCUT2D eigenvalue weighted by atomic mass is 10.0. The Morgan fingerprint density at radius 3 is 2.31 bits per heavy atom. The Hall–Kier alpha value is -1.83. The maximum Gasteiger partial charge on any atom is 0.0658 e. The van der Waals surface area contributed by atoms with Gasteiger partial charge >= 0.3 is 0 Å². The van der Waals surface area contributed by atoms with Crippen molar-refractivity contribution in [2.75, 3.05) is 5.73 Å². The van der Waals surface area contributed by atoms with Crippen LogP contribution in [0.1, 0.15) is 25.5 Å². The number of anilines is 1. The summed E-state index contributed by atoms with van der Waals surface area (Å²) < 4.78 is 0. The van der Waals surface area contributed by atoms with E-state index in [-0.39, 0.29) is 0 Å². The predicted molar refractivity (Wildman–Crippen MR) is 68.2 cm³/mol. The maximum absolute atomic E-state index is 6.00. The number of nitrogens with zero attached hydrogens (tertiary/aromatic N) is 1. The van der Waals surface area contributed by atoms with Gasteiger partial charge in [-0.3, -0.25) is 4.98 Å². The average Bonchev–Trinajstić information content (AvgIpc) is 2.29. The molecule has 0 aliphatic rings. The summed E-state index contributed by atoms with van der Waals surface area (Å²) in [5.41, 5.74) is 9.97. The molecule has 1 aromatic heterocycles. The van der Waals surface area contributed by atoms with Gasteiger partial charge in [0, 0.05) is 11.8 Å². The Labute approximate surface area is 96.1 Å². The van der Waals surface area contributed by atoms with E-state index in [0.29, 0.717) is 5.92 Å². The Morgan fingerprint density at radius 1 is 1.06 bits per heavy atom. The van der Waals surface area contributed by atoms with Crippen molar-refractivity contribution in [3.63, 3.8) is 0 Å². The van der Waals surface area contributed by atoms with Gasteiger partial charge in [0.1, 0.15) is 0 Å². The zero-order chi connectivity index (χ0) is 11.5. The summed E-state index contributed by atoms with van der Waals surface area (Å²) >= 11 is 0. The molecule has 0 bridgehead atoms. The van der Waals surface area contributed by atoms with Crippen molar-refractivity contribution in [3.8, 4) is 11.1 Å². The van der Waals surface area contributed by atoms with E-state index in [0.717, 1.165) is 22.5 Å². The van der Waals surface area contributed by atoms with E-state index in [2.05, 4.69) is 31.0 Å². The van der Waals surface area contributed by atoms with E-state index in [9.17, 15) is 0 Å². The van der Waals surface area contributed by atoms with Gasteiger partial charge in [-0.2, -0.15) is 0 Å². The van der Waals surface area contributed by atoms with E-state index >= 15 is 0 Å². The Balaban J connectivity index is 2.43. The molecule has 0 aliphatic heterocycles. The molecule has 1 aromatic carbocycles. The first-order valence-corrected chi connectivity index (χ1v) is 5.49. The number of hydrogen-bond donors (Lipinski definition) is 1. The lowest BCUT2D eigenvalue weighted by molar-refractivity contribution is 0.827. The van der Waals surface area contributed by atoms with Gasteiger partial charge < -0.3 is 5.73 Å². The first-order valence-electron chi connectivity index (χ1n) is 5.49. The molecule has 0 radical (unpaired) electrons. The Morgan fingerprint density at radius 2 is 1.75 bits per heavy atom. The summed E-state index contributed by atoms with van der Waals surface area (Å²) in [6.45, 7) is 4.20. The third-order valence-corrected chi connectivity index (χ3v) is 2.60. The summed E-state index contributed by atoms with van der Waals surface area (Å²) in [6.07, 6.45) is 1.89. The van der Waals surface area contributed by atoms with Gasteiger partial charge in [-0.15, -0.1) is 0 Å². The minimum atomic E-state index is 0.366.